The molecule has 0 unspecified atom stereocenters. The number of hydrogen-bond acceptors (Lipinski definition) is 4. The Kier molecular flexibility index (Phi) is 4.80. The van der Waals surface area contributed by atoms with Gasteiger partial charge >= 0.3 is 5.97 Å². The van der Waals surface area contributed by atoms with E-state index in [9.17, 15) is 4.79 Å². The van der Waals surface area contributed by atoms with Gasteiger partial charge in [-0.2, -0.15) is 0 Å². The molecule has 1 aliphatic rings. The summed E-state index contributed by atoms with van der Waals surface area (Å²) in [6.07, 6.45) is 2.27. The summed E-state index contributed by atoms with van der Waals surface area (Å²) >= 11 is 0. The highest BCUT2D eigenvalue weighted by atomic mass is 16.5. The van der Waals surface area contributed by atoms with E-state index in [2.05, 4.69) is 17.1 Å². The molecule has 0 aromatic heterocycles. The molecular formula is C15H22N2O2. The molecule has 0 amide bonds. The van der Waals surface area contributed by atoms with Crippen LogP contribution >= 0.6 is 0 Å². The van der Waals surface area contributed by atoms with Crippen LogP contribution in [0.4, 0.5) is 5.69 Å². The van der Waals surface area contributed by atoms with Gasteiger partial charge in [0.25, 0.3) is 0 Å². The van der Waals surface area contributed by atoms with Crippen molar-refractivity contribution in [3.05, 3.63) is 29.8 Å². The second-order valence-corrected chi connectivity index (χ2v) is 4.85. The van der Waals surface area contributed by atoms with Crippen molar-refractivity contribution in [3.63, 3.8) is 0 Å². The van der Waals surface area contributed by atoms with Crippen LogP contribution in [0.5, 0.6) is 0 Å². The van der Waals surface area contributed by atoms with Crippen molar-refractivity contribution < 1.29 is 9.53 Å². The maximum atomic E-state index is 11.9. The number of piperazine rings is 1. The molecule has 1 aromatic rings. The van der Waals surface area contributed by atoms with E-state index in [0.717, 1.165) is 38.2 Å². The number of para-hydroxylation sites is 1. The minimum Gasteiger partial charge on any atom is -0.465 e. The molecule has 19 heavy (non-hydrogen) atoms. The third kappa shape index (κ3) is 3.07. The van der Waals surface area contributed by atoms with Crippen LogP contribution in [0.2, 0.25) is 0 Å². The lowest BCUT2D eigenvalue weighted by Crippen LogP contribution is -2.51. The van der Waals surface area contributed by atoms with Crippen LogP contribution in [0, 0.1) is 0 Å². The highest BCUT2D eigenvalue weighted by Crippen LogP contribution is 2.25. The Morgan fingerprint density at radius 1 is 1.47 bits per heavy atom. The molecule has 1 saturated heterocycles. The molecule has 1 N–H and O–H groups in total. The fraction of sp³-hybridized carbons (Fsp3) is 0.533. The molecule has 0 aliphatic carbocycles. The van der Waals surface area contributed by atoms with Gasteiger partial charge in [0.2, 0.25) is 0 Å². The molecule has 1 atom stereocenters. The van der Waals surface area contributed by atoms with Gasteiger partial charge in [0.1, 0.15) is 0 Å². The van der Waals surface area contributed by atoms with E-state index < -0.39 is 0 Å². The van der Waals surface area contributed by atoms with Crippen molar-refractivity contribution in [2.75, 3.05) is 31.6 Å². The number of nitrogens with one attached hydrogen (secondary N) is 1. The van der Waals surface area contributed by atoms with Crippen LogP contribution < -0.4 is 10.2 Å². The predicted molar refractivity (Wildman–Crippen MR) is 76.7 cm³/mol. The zero-order valence-corrected chi connectivity index (χ0v) is 11.7. The maximum Gasteiger partial charge on any atom is 0.339 e. The molecule has 0 radical (unpaired) electrons. The fourth-order valence-corrected chi connectivity index (χ4v) is 2.68. The van der Waals surface area contributed by atoms with Crippen LogP contribution in [-0.4, -0.2) is 38.8 Å². The Bertz CT molecular complexity index is 432. The summed E-state index contributed by atoms with van der Waals surface area (Å²) in [5.74, 6) is -0.260. The second-order valence-electron chi connectivity index (χ2n) is 4.85. The smallest absolute Gasteiger partial charge is 0.339 e. The molecule has 0 spiro atoms. The van der Waals surface area contributed by atoms with Crippen molar-refractivity contribution in [1.82, 2.24) is 5.32 Å². The normalized spacial score (nSPS) is 19.3. The largest absolute Gasteiger partial charge is 0.465 e. The lowest BCUT2D eigenvalue weighted by Gasteiger charge is -2.38. The van der Waals surface area contributed by atoms with Gasteiger partial charge in [-0.05, 0) is 18.6 Å². The lowest BCUT2D eigenvalue weighted by molar-refractivity contribution is 0.0601. The number of methoxy groups -OCH3 is 1. The van der Waals surface area contributed by atoms with E-state index in [0.29, 0.717) is 11.6 Å². The van der Waals surface area contributed by atoms with Gasteiger partial charge in [0, 0.05) is 25.7 Å². The summed E-state index contributed by atoms with van der Waals surface area (Å²) in [6, 6.07) is 8.16. The van der Waals surface area contributed by atoms with E-state index in [4.69, 9.17) is 4.74 Å². The first-order valence-electron chi connectivity index (χ1n) is 6.92. The summed E-state index contributed by atoms with van der Waals surface area (Å²) in [4.78, 5) is 14.2. The van der Waals surface area contributed by atoms with Crippen LogP contribution in [0.15, 0.2) is 24.3 Å². The van der Waals surface area contributed by atoms with Crippen molar-refractivity contribution in [2.45, 2.75) is 25.8 Å². The number of hydrogen-bond donors (Lipinski definition) is 1. The Morgan fingerprint density at radius 2 is 2.26 bits per heavy atom. The number of benzene rings is 1. The maximum absolute atomic E-state index is 11.9. The summed E-state index contributed by atoms with van der Waals surface area (Å²) in [7, 11) is 1.43. The van der Waals surface area contributed by atoms with Crippen molar-refractivity contribution in [1.29, 1.82) is 0 Å². The topological polar surface area (TPSA) is 41.6 Å². The van der Waals surface area contributed by atoms with Crippen molar-refractivity contribution >= 4 is 11.7 Å². The molecule has 1 aromatic carbocycles. The fourth-order valence-electron chi connectivity index (χ4n) is 2.68. The highest BCUT2D eigenvalue weighted by Gasteiger charge is 2.25. The van der Waals surface area contributed by atoms with Gasteiger partial charge in [-0.15, -0.1) is 0 Å². The minimum absolute atomic E-state index is 0.260. The summed E-state index contributed by atoms with van der Waals surface area (Å²) in [5.41, 5.74) is 1.65. The number of carbonyl (C=O) groups excluding carboxylic acids is 1. The summed E-state index contributed by atoms with van der Waals surface area (Å²) in [5, 5.41) is 3.42. The lowest BCUT2D eigenvalue weighted by atomic mass is 10.0. The third-order valence-electron chi connectivity index (χ3n) is 3.59. The first-order valence-corrected chi connectivity index (χ1v) is 6.92. The average molecular weight is 262 g/mol. The first-order chi connectivity index (χ1) is 9.27. The van der Waals surface area contributed by atoms with Crippen LogP contribution in [0.3, 0.4) is 0 Å². The van der Waals surface area contributed by atoms with Gasteiger partial charge in [-0.25, -0.2) is 4.79 Å². The molecule has 1 heterocycles. The number of rotatable bonds is 4. The molecule has 0 saturated carbocycles. The number of anilines is 1. The molecular weight excluding hydrogens is 240 g/mol. The van der Waals surface area contributed by atoms with Gasteiger partial charge in [-0.1, -0.05) is 25.5 Å². The Balaban J connectivity index is 2.30. The van der Waals surface area contributed by atoms with Crippen LogP contribution in [0.1, 0.15) is 30.1 Å². The minimum atomic E-state index is -0.260. The molecule has 1 aliphatic heterocycles. The molecule has 104 valence electrons. The van der Waals surface area contributed by atoms with Gasteiger partial charge in [0.15, 0.2) is 0 Å². The zero-order valence-electron chi connectivity index (χ0n) is 11.7. The first kappa shape index (κ1) is 13.9. The highest BCUT2D eigenvalue weighted by molar-refractivity contribution is 5.95. The second kappa shape index (κ2) is 6.57. The average Bonchev–Trinajstić information content (AvgIpc) is 2.47. The molecule has 2 rings (SSSR count). The third-order valence-corrected chi connectivity index (χ3v) is 3.59. The van der Waals surface area contributed by atoms with Crippen molar-refractivity contribution in [3.8, 4) is 0 Å². The van der Waals surface area contributed by atoms with Gasteiger partial charge in [0.05, 0.1) is 18.4 Å². The van der Waals surface area contributed by atoms with E-state index in [1.165, 1.54) is 7.11 Å². The molecule has 4 heteroatoms. The quantitative estimate of drug-likeness (QED) is 0.843. The number of ether oxygens (including phenoxy) is 1. The van der Waals surface area contributed by atoms with Gasteiger partial charge < -0.3 is 15.0 Å². The van der Waals surface area contributed by atoms with E-state index >= 15 is 0 Å². The number of nitrogens with zero attached hydrogens (tertiary/aromatic N) is 1. The van der Waals surface area contributed by atoms with E-state index in [1.807, 2.05) is 24.3 Å². The molecule has 4 nitrogen and oxygen atoms in total. The monoisotopic (exact) mass is 262 g/mol. The van der Waals surface area contributed by atoms with Crippen molar-refractivity contribution in [2.24, 2.45) is 0 Å². The Labute approximate surface area is 114 Å². The van der Waals surface area contributed by atoms with E-state index in [-0.39, 0.29) is 5.97 Å². The predicted octanol–water partition coefficient (Wildman–Crippen LogP) is 2.05. The summed E-state index contributed by atoms with van der Waals surface area (Å²) < 4.78 is 4.88. The molecule has 1 fully saturated rings. The summed E-state index contributed by atoms with van der Waals surface area (Å²) in [6.45, 7) is 5.05. The van der Waals surface area contributed by atoms with Crippen LogP contribution in [0.25, 0.3) is 0 Å². The van der Waals surface area contributed by atoms with Gasteiger partial charge in [-0.3, -0.25) is 0 Å². The number of carbonyl (C=O) groups is 1. The number of esters is 1. The van der Waals surface area contributed by atoms with Crippen LogP contribution in [-0.2, 0) is 4.74 Å². The Hall–Kier alpha value is -1.55. The Morgan fingerprint density at radius 3 is 3.00 bits per heavy atom. The SMILES string of the molecule is CCC[C@H]1CNCCN1c1ccccc1C(=O)OC. The van der Waals surface area contributed by atoms with E-state index in [1.54, 1.807) is 0 Å². The molecule has 0 bridgehead atoms. The standard InChI is InChI=1S/C15H22N2O2/c1-3-6-12-11-16-9-10-17(12)14-8-5-4-7-13(14)15(18)19-2/h4-5,7-8,12,16H,3,6,9-11H2,1-2H3/t12-/m0/s1. The zero-order chi connectivity index (χ0) is 13.7.